The summed E-state index contributed by atoms with van der Waals surface area (Å²) in [5.41, 5.74) is 2.89. The van der Waals surface area contributed by atoms with E-state index in [2.05, 4.69) is 15.0 Å². The highest BCUT2D eigenvalue weighted by Gasteiger charge is 2.27. The molecule has 1 N–H and O–H groups in total. The summed E-state index contributed by atoms with van der Waals surface area (Å²) < 4.78 is 6.59. The maximum absolute atomic E-state index is 13.2. The molecule has 1 amide bonds. The second kappa shape index (κ2) is 9.21. The highest BCUT2D eigenvalue weighted by molar-refractivity contribution is 6.01. The lowest BCUT2D eigenvalue weighted by atomic mass is 10.0. The molecule has 0 atom stereocenters. The number of nitrogens with one attached hydrogen (secondary N) is 1. The van der Waals surface area contributed by atoms with E-state index in [0.717, 1.165) is 16.5 Å². The van der Waals surface area contributed by atoms with Crippen LogP contribution >= 0.6 is 0 Å². The van der Waals surface area contributed by atoms with E-state index >= 15 is 0 Å². The van der Waals surface area contributed by atoms with E-state index in [9.17, 15) is 14.4 Å². The smallest absolute Gasteiger partial charge is 0.329 e. The Labute approximate surface area is 210 Å². The summed E-state index contributed by atoms with van der Waals surface area (Å²) in [6, 6.07) is 13.3. The molecule has 1 saturated heterocycles. The van der Waals surface area contributed by atoms with Crippen LogP contribution in [-0.2, 0) is 9.53 Å². The molecular weight excluding hydrogens is 472 g/mol. The Morgan fingerprint density at radius 2 is 1.84 bits per heavy atom. The molecule has 5 heterocycles. The second-order valence-corrected chi connectivity index (χ2v) is 9.18. The molecule has 5 aromatic rings. The van der Waals surface area contributed by atoms with Gasteiger partial charge in [0.1, 0.15) is 12.1 Å². The first-order chi connectivity index (χ1) is 18.0. The fourth-order valence-electron chi connectivity index (χ4n) is 5.10. The molecule has 10 nitrogen and oxygen atoms in total. The normalized spacial score (nSPS) is 14.6. The van der Waals surface area contributed by atoms with Crippen molar-refractivity contribution in [1.29, 1.82) is 0 Å². The van der Waals surface area contributed by atoms with Gasteiger partial charge in [-0.15, -0.1) is 0 Å². The third-order valence-corrected chi connectivity index (χ3v) is 6.95. The van der Waals surface area contributed by atoms with Crippen LogP contribution < -0.4 is 11.2 Å². The number of pyridine rings is 3. The summed E-state index contributed by atoms with van der Waals surface area (Å²) in [7, 11) is 1.49. The van der Waals surface area contributed by atoms with Crippen LogP contribution in [0.5, 0.6) is 0 Å². The van der Waals surface area contributed by atoms with Crippen LogP contribution in [-0.4, -0.2) is 62.1 Å². The van der Waals surface area contributed by atoms with E-state index in [1.165, 1.54) is 13.3 Å². The van der Waals surface area contributed by atoms with Gasteiger partial charge in [-0.3, -0.25) is 29.1 Å². The molecule has 0 unspecified atom stereocenters. The summed E-state index contributed by atoms with van der Waals surface area (Å²) in [6.45, 7) is 1.01. The quantitative estimate of drug-likeness (QED) is 0.380. The molecule has 1 aliphatic heterocycles. The summed E-state index contributed by atoms with van der Waals surface area (Å²) in [6.07, 6.45) is 4.38. The van der Waals surface area contributed by atoms with Crippen molar-refractivity contribution in [2.45, 2.75) is 18.9 Å². The minimum atomic E-state index is -0.502. The summed E-state index contributed by atoms with van der Waals surface area (Å²) in [5, 5.41) is 1.28. The number of aromatic nitrogens is 5. The van der Waals surface area contributed by atoms with Gasteiger partial charge in [-0.1, -0.05) is 18.2 Å². The zero-order chi connectivity index (χ0) is 25.5. The minimum absolute atomic E-state index is 0.0266. The van der Waals surface area contributed by atoms with Crippen molar-refractivity contribution < 1.29 is 9.53 Å². The van der Waals surface area contributed by atoms with Gasteiger partial charge in [0, 0.05) is 49.6 Å². The first kappa shape index (κ1) is 23.0. The number of para-hydroxylation sites is 1. The number of piperidine rings is 1. The topological polar surface area (TPSA) is 123 Å². The Morgan fingerprint density at radius 3 is 2.65 bits per heavy atom. The van der Waals surface area contributed by atoms with Crippen LogP contribution in [0.2, 0.25) is 0 Å². The van der Waals surface area contributed by atoms with Gasteiger partial charge in [-0.2, -0.15) is 0 Å². The van der Waals surface area contributed by atoms with Crippen LogP contribution in [0, 0.1) is 0 Å². The first-order valence-corrected chi connectivity index (χ1v) is 12.1. The third kappa shape index (κ3) is 4.05. The molecule has 0 radical (unpaired) electrons. The molecule has 0 bridgehead atoms. The summed E-state index contributed by atoms with van der Waals surface area (Å²) in [4.78, 5) is 56.3. The van der Waals surface area contributed by atoms with Gasteiger partial charge in [0.25, 0.3) is 5.56 Å². The lowest BCUT2D eigenvalue weighted by Gasteiger charge is -2.33. The van der Waals surface area contributed by atoms with Gasteiger partial charge in [0.05, 0.1) is 27.6 Å². The standard InChI is InChI=1S/C27H24N6O4/c1-37-15-23(34)32-10-8-18(9-11-32)33-25-19(26(35)31-27(33)36)14-29-22-7-6-21(30-24(22)25)17-12-16-4-2-3-5-20(16)28-13-17/h2-7,12-14,18H,8-11,15H2,1H3,(H,31,35,36). The molecular formula is C27H24N6O4. The number of fused-ring (bicyclic) bond motifs is 4. The van der Waals surface area contributed by atoms with Crippen LogP contribution in [0.1, 0.15) is 18.9 Å². The van der Waals surface area contributed by atoms with Crippen LogP contribution in [0.15, 0.2) is 64.4 Å². The van der Waals surface area contributed by atoms with E-state index < -0.39 is 11.2 Å². The number of rotatable bonds is 4. The number of nitrogens with zero attached hydrogens (tertiary/aromatic N) is 5. The monoisotopic (exact) mass is 496 g/mol. The van der Waals surface area contributed by atoms with E-state index in [4.69, 9.17) is 9.72 Å². The third-order valence-electron chi connectivity index (χ3n) is 6.95. The minimum Gasteiger partial charge on any atom is -0.375 e. The first-order valence-electron chi connectivity index (χ1n) is 12.1. The number of carbonyl (C=O) groups is 1. The molecule has 10 heteroatoms. The van der Waals surface area contributed by atoms with Crippen LogP contribution in [0.25, 0.3) is 44.1 Å². The van der Waals surface area contributed by atoms with Crippen molar-refractivity contribution in [3.63, 3.8) is 0 Å². The van der Waals surface area contributed by atoms with Crippen LogP contribution in [0.3, 0.4) is 0 Å². The van der Waals surface area contributed by atoms with Gasteiger partial charge in [0.15, 0.2) is 0 Å². The Bertz CT molecular complexity index is 1790. The van der Waals surface area contributed by atoms with Gasteiger partial charge in [-0.25, -0.2) is 9.78 Å². The average Bonchev–Trinajstić information content (AvgIpc) is 2.93. The van der Waals surface area contributed by atoms with E-state index in [0.29, 0.717) is 53.6 Å². The van der Waals surface area contributed by atoms with Crippen molar-refractivity contribution in [3.8, 4) is 11.3 Å². The number of benzene rings is 1. The van der Waals surface area contributed by atoms with Gasteiger partial charge < -0.3 is 9.64 Å². The van der Waals surface area contributed by atoms with Crippen molar-refractivity contribution in [2.24, 2.45) is 0 Å². The van der Waals surface area contributed by atoms with Crippen molar-refractivity contribution >= 4 is 38.7 Å². The summed E-state index contributed by atoms with van der Waals surface area (Å²) >= 11 is 0. The predicted molar refractivity (Wildman–Crippen MR) is 139 cm³/mol. The van der Waals surface area contributed by atoms with E-state index in [1.807, 2.05) is 42.5 Å². The fraction of sp³-hybridized carbons (Fsp3) is 0.259. The van der Waals surface area contributed by atoms with Crippen molar-refractivity contribution in [2.75, 3.05) is 26.8 Å². The Balaban J connectivity index is 1.50. The number of ether oxygens (including phenoxy) is 1. The number of likely N-dealkylation sites (tertiary alicyclic amines) is 1. The molecule has 4 aromatic heterocycles. The fourth-order valence-corrected chi connectivity index (χ4v) is 5.10. The number of hydrogen-bond donors (Lipinski definition) is 1. The van der Waals surface area contributed by atoms with Gasteiger partial charge >= 0.3 is 5.69 Å². The largest absolute Gasteiger partial charge is 0.375 e. The number of H-pyrrole nitrogens is 1. The number of carbonyl (C=O) groups excluding carboxylic acids is 1. The SMILES string of the molecule is COCC(=O)N1CCC(n2c(=O)[nH]c(=O)c3cnc4ccc(-c5cnc6ccccc6c5)nc4c32)CC1. The molecule has 0 spiro atoms. The molecule has 6 rings (SSSR count). The molecule has 1 aliphatic rings. The maximum Gasteiger partial charge on any atom is 0.329 e. The van der Waals surface area contributed by atoms with Gasteiger partial charge in [-0.05, 0) is 37.1 Å². The molecule has 1 aromatic carbocycles. The lowest BCUT2D eigenvalue weighted by Crippen LogP contribution is -2.43. The number of aromatic amines is 1. The maximum atomic E-state index is 13.2. The predicted octanol–water partition coefficient (Wildman–Crippen LogP) is 2.66. The Morgan fingerprint density at radius 1 is 1.05 bits per heavy atom. The van der Waals surface area contributed by atoms with Crippen LogP contribution in [0.4, 0.5) is 0 Å². The lowest BCUT2D eigenvalue weighted by molar-refractivity contribution is -0.136. The molecule has 186 valence electrons. The highest BCUT2D eigenvalue weighted by atomic mass is 16.5. The van der Waals surface area contributed by atoms with Crippen molar-refractivity contribution in [1.82, 2.24) is 29.4 Å². The summed E-state index contributed by atoms with van der Waals surface area (Å²) in [5.74, 6) is -0.0791. The molecule has 1 fully saturated rings. The molecule has 37 heavy (non-hydrogen) atoms. The Kier molecular flexibility index (Phi) is 5.72. The zero-order valence-corrected chi connectivity index (χ0v) is 20.2. The Hall–Kier alpha value is -4.44. The molecule has 0 saturated carbocycles. The van der Waals surface area contributed by atoms with E-state index in [-0.39, 0.29) is 18.6 Å². The highest BCUT2D eigenvalue weighted by Crippen LogP contribution is 2.29. The second-order valence-electron chi connectivity index (χ2n) is 9.18. The number of amides is 1. The molecule has 0 aliphatic carbocycles. The zero-order valence-electron chi connectivity index (χ0n) is 20.2. The average molecular weight is 497 g/mol. The number of methoxy groups -OCH3 is 1. The van der Waals surface area contributed by atoms with Crippen molar-refractivity contribution in [3.05, 3.63) is 75.7 Å². The van der Waals surface area contributed by atoms with Gasteiger partial charge in [0.2, 0.25) is 5.91 Å². The number of hydrogen-bond acceptors (Lipinski definition) is 7. The van der Waals surface area contributed by atoms with E-state index in [1.54, 1.807) is 15.7 Å².